The molecule has 0 bridgehead atoms. The van der Waals surface area contributed by atoms with Gasteiger partial charge in [-0.15, -0.1) is 0 Å². The summed E-state index contributed by atoms with van der Waals surface area (Å²) >= 11 is 3.45. The maximum atomic E-state index is 5.88. The Morgan fingerprint density at radius 3 is 2.57 bits per heavy atom. The number of ether oxygens (including phenoxy) is 2. The van der Waals surface area contributed by atoms with E-state index in [1.54, 1.807) is 0 Å². The minimum absolute atomic E-state index is 0.567. The van der Waals surface area contributed by atoms with E-state index in [0.717, 1.165) is 38.4 Å². The summed E-state index contributed by atoms with van der Waals surface area (Å²) in [5, 5.41) is 0. The van der Waals surface area contributed by atoms with Crippen molar-refractivity contribution in [3.8, 4) is 22.9 Å². The zero-order valence-electron chi connectivity index (χ0n) is 11.0. The van der Waals surface area contributed by atoms with Gasteiger partial charge in [-0.2, -0.15) is 0 Å². The lowest BCUT2D eigenvalue weighted by atomic mass is 10.2. The van der Waals surface area contributed by atoms with Crippen LogP contribution in [0, 0.1) is 0 Å². The van der Waals surface area contributed by atoms with Gasteiger partial charge < -0.3 is 20.2 Å². The second-order valence-corrected chi connectivity index (χ2v) is 5.79. The first-order chi connectivity index (χ1) is 10.2. The molecular formula is C15H12BrN3O2. The van der Waals surface area contributed by atoms with Gasteiger partial charge in [0, 0.05) is 27.9 Å². The SMILES string of the molecule is Nc1cc(Br)cc(-c2nc3cc4c(cc3[nH]2)OCCO4)c1. The fourth-order valence-electron chi connectivity index (χ4n) is 2.43. The number of hydrogen-bond acceptors (Lipinski definition) is 4. The molecule has 0 aliphatic carbocycles. The number of nitrogens with two attached hydrogens (primary N) is 1. The van der Waals surface area contributed by atoms with Gasteiger partial charge in [0.05, 0.1) is 11.0 Å². The van der Waals surface area contributed by atoms with Gasteiger partial charge in [-0.1, -0.05) is 15.9 Å². The Morgan fingerprint density at radius 1 is 1.05 bits per heavy atom. The van der Waals surface area contributed by atoms with Crippen LogP contribution in [0.15, 0.2) is 34.8 Å². The second-order valence-electron chi connectivity index (χ2n) is 4.87. The van der Waals surface area contributed by atoms with Crippen molar-refractivity contribution in [3.63, 3.8) is 0 Å². The number of nitrogens with one attached hydrogen (secondary N) is 1. The van der Waals surface area contributed by atoms with Gasteiger partial charge in [0.25, 0.3) is 0 Å². The number of imidazole rings is 1. The maximum Gasteiger partial charge on any atom is 0.163 e. The summed E-state index contributed by atoms with van der Waals surface area (Å²) in [6.45, 7) is 1.14. The van der Waals surface area contributed by atoms with E-state index in [4.69, 9.17) is 15.2 Å². The molecular weight excluding hydrogens is 334 g/mol. The van der Waals surface area contributed by atoms with Gasteiger partial charge in [0.1, 0.15) is 19.0 Å². The summed E-state index contributed by atoms with van der Waals surface area (Å²) in [7, 11) is 0. The third-order valence-electron chi connectivity index (χ3n) is 3.34. The highest BCUT2D eigenvalue weighted by Crippen LogP contribution is 2.35. The number of H-pyrrole nitrogens is 1. The smallest absolute Gasteiger partial charge is 0.163 e. The summed E-state index contributed by atoms with van der Waals surface area (Å²) in [4.78, 5) is 7.90. The standard InChI is InChI=1S/C15H12BrN3O2/c16-9-3-8(4-10(17)5-9)15-18-11-6-13-14(7-12(11)19-15)21-2-1-20-13/h3-7H,1-2,17H2,(H,18,19). The van der Waals surface area contributed by atoms with E-state index in [0.29, 0.717) is 18.9 Å². The summed E-state index contributed by atoms with van der Waals surface area (Å²) in [6.07, 6.45) is 0. The number of hydrogen-bond donors (Lipinski definition) is 2. The Balaban J connectivity index is 1.86. The van der Waals surface area contributed by atoms with E-state index in [2.05, 4.69) is 25.9 Å². The molecule has 0 unspecified atom stereocenters. The van der Waals surface area contributed by atoms with E-state index >= 15 is 0 Å². The summed E-state index contributed by atoms with van der Waals surface area (Å²) in [5.41, 5.74) is 9.24. The van der Waals surface area contributed by atoms with Crippen LogP contribution >= 0.6 is 15.9 Å². The predicted octanol–water partition coefficient (Wildman–Crippen LogP) is 3.35. The van der Waals surface area contributed by atoms with Crippen LogP contribution in [-0.2, 0) is 0 Å². The van der Waals surface area contributed by atoms with E-state index in [-0.39, 0.29) is 0 Å². The molecule has 0 fully saturated rings. The van der Waals surface area contributed by atoms with E-state index in [1.807, 2.05) is 30.3 Å². The molecule has 2 heterocycles. The Kier molecular flexibility index (Phi) is 2.78. The molecule has 106 valence electrons. The summed E-state index contributed by atoms with van der Waals surface area (Å²) in [6, 6.07) is 9.52. The Hall–Kier alpha value is -2.21. The number of nitrogen functional groups attached to an aromatic ring is 1. The Morgan fingerprint density at radius 2 is 1.81 bits per heavy atom. The fraction of sp³-hybridized carbons (Fsp3) is 0.133. The second kappa shape index (κ2) is 4.66. The van der Waals surface area contributed by atoms with Crippen molar-refractivity contribution >= 4 is 32.7 Å². The van der Waals surface area contributed by atoms with Crippen LogP contribution in [-0.4, -0.2) is 23.2 Å². The van der Waals surface area contributed by atoms with Crippen molar-refractivity contribution in [2.24, 2.45) is 0 Å². The van der Waals surface area contributed by atoms with Crippen LogP contribution in [0.25, 0.3) is 22.4 Å². The van der Waals surface area contributed by atoms with Crippen LogP contribution in [0.2, 0.25) is 0 Å². The van der Waals surface area contributed by atoms with Crippen LogP contribution < -0.4 is 15.2 Å². The number of aromatic nitrogens is 2. The molecule has 2 aromatic carbocycles. The average Bonchev–Trinajstić information content (AvgIpc) is 2.86. The highest BCUT2D eigenvalue weighted by atomic mass is 79.9. The molecule has 3 aromatic rings. The lowest BCUT2D eigenvalue weighted by molar-refractivity contribution is 0.172. The van der Waals surface area contributed by atoms with Crippen molar-refractivity contribution in [1.82, 2.24) is 9.97 Å². The highest BCUT2D eigenvalue weighted by Gasteiger charge is 2.15. The minimum atomic E-state index is 0.567. The van der Waals surface area contributed by atoms with Gasteiger partial charge in [-0.05, 0) is 18.2 Å². The topological polar surface area (TPSA) is 73.2 Å². The third kappa shape index (κ3) is 2.21. The number of rotatable bonds is 1. The highest BCUT2D eigenvalue weighted by molar-refractivity contribution is 9.10. The fourth-order valence-corrected chi connectivity index (χ4v) is 2.94. The quantitative estimate of drug-likeness (QED) is 0.663. The van der Waals surface area contributed by atoms with Gasteiger partial charge in [-0.3, -0.25) is 0 Å². The molecule has 0 amide bonds. The molecule has 5 nitrogen and oxygen atoms in total. The van der Waals surface area contributed by atoms with Crippen molar-refractivity contribution in [2.75, 3.05) is 18.9 Å². The van der Waals surface area contributed by atoms with Gasteiger partial charge in [0.2, 0.25) is 0 Å². The lowest BCUT2D eigenvalue weighted by Gasteiger charge is -2.17. The summed E-state index contributed by atoms with van der Waals surface area (Å²) < 4.78 is 12.1. The van der Waals surface area contributed by atoms with Gasteiger partial charge in [-0.25, -0.2) is 4.98 Å². The molecule has 6 heteroatoms. The Labute approximate surface area is 129 Å². The van der Waals surface area contributed by atoms with E-state index in [9.17, 15) is 0 Å². The number of halogens is 1. The predicted molar refractivity (Wildman–Crippen MR) is 84.6 cm³/mol. The number of fused-ring (bicyclic) bond motifs is 2. The first-order valence-electron chi connectivity index (χ1n) is 6.55. The van der Waals surface area contributed by atoms with E-state index in [1.165, 1.54) is 0 Å². The molecule has 1 aliphatic heterocycles. The van der Waals surface area contributed by atoms with Crippen LogP contribution in [0.3, 0.4) is 0 Å². The van der Waals surface area contributed by atoms with Crippen molar-refractivity contribution in [1.29, 1.82) is 0 Å². The molecule has 1 aromatic heterocycles. The number of benzene rings is 2. The number of nitrogens with zero attached hydrogens (tertiary/aromatic N) is 1. The maximum absolute atomic E-state index is 5.88. The number of aromatic amines is 1. The number of anilines is 1. The summed E-state index contributed by atoms with van der Waals surface area (Å²) in [5.74, 6) is 2.25. The lowest BCUT2D eigenvalue weighted by Crippen LogP contribution is -2.15. The molecule has 4 rings (SSSR count). The molecule has 3 N–H and O–H groups in total. The van der Waals surface area contributed by atoms with Crippen LogP contribution in [0.1, 0.15) is 0 Å². The van der Waals surface area contributed by atoms with Gasteiger partial charge >= 0.3 is 0 Å². The molecule has 21 heavy (non-hydrogen) atoms. The average molecular weight is 346 g/mol. The molecule has 0 saturated carbocycles. The van der Waals surface area contributed by atoms with Crippen molar-refractivity contribution in [3.05, 3.63) is 34.8 Å². The molecule has 0 atom stereocenters. The zero-order chi connectivity index (χ0) is 14.4. The molecule has 0 spiro atoms. The van der Waals surface area contributed by atoms with Gasteiger partial charge in [0.15, 0.2) is 11.5 Å². The van der Waals surface area contributed by atoms with Crippen LogP contribution in [0.4, 0.5) is 5.69 Å². The molecule has 0 radical (unpaired) electrons. The van der Waals surface area contributed by atoms with Crippen molar-refractivity contribution in [2.45, 2.75) is 0 Å². The van der Waals surface area contributed by atoms with Crippen molar-refractivity contribution < 1.29 is 9.47 Å². The van der Waals surface area contributed by atoms with E-state index < -0.39 is 0 Å². The zero-order valence-corrected chi connectivity index (χ0v) is 12.6. The monoisotopic (exact) mass is 345 g/mol. The Bertz CT molecular complexity index is 781. The largest absolute Gasteiger partial charge is 0.486 e. The molecule has 0 saturated heterocycles. The first kappa shape index (κ1) is 12.5. The minimum Gasteiger partial charge on any atom is -0.486 e. The normalized spacial score (nSPS) is 13.6. The third-order valence-corrected chi connectivity index (χ3v) is 3.80. The molecule has 1 aliphatic rings. The first-order valence-corrected chi connectivity index (χ1v) is 7.34. The van der Waals surface area contributed by atoms with Crippen LogP contribution in [0.5, 0.6) is 11.5 Å².